The number of aromatic nitrogens is 3. The molecule has 3 amide bonds. The molecule has 3 N–H and O–H groups in total. The van der Waals surface area contributed by atoms with E-state index in [0.29, 0.717) is 28.7 Å². The van der Waals surface area contributed by atoms with Crippen LogP contribution in [0.15, 0.2) is 84.0 Å². The number of thioether (sulfide) groups is 1. The summed E-state index contributed by atoms with van der Waals surface area (Å²) < 4.78 is 1.98. The van der Waals surface area contributed by atoms with Gasteiger partial charge >= 0.3 is 0 Å². The van der Waals surface area contributed by atoms with Crippen molar-refractivity contribution in [1.82, 2.24) is 20.1 Å². The lowest BCUT2D eigenvalue weighted by atomic mass is 10.1. The van der Waals surface area contributed by atoms with Crippen LogP contribution >= 0.6 is 11.8 Å². The summed E-state index contributed by atoms with van der Waals surface area (Å²) in [7, 11) is 0. The van der Waals surface area contributed by atoms with Gasteiger partial charge in [0, 0.05) is 29.2 Å². The molecule has 36 heavy (non-hydrogen) atoms. The lowest BCUT2D eigenvalue weighted by Gasteiger charge is -2.11. The molecular formula is C26H22N6O3S. The highest BCUT2D eigenvalue weighted by Gasteiger charge is 2.26. The van der Waals surface area contributed by atoms with E-state index in [1.54, 1.807) is 6.07 Å². The minimum Gasteiger partial charge on any atom is -0.378 e. The van der Waals surface area contributed by atoms with Gasteiger partial charge in [0.15, 0.2) is 11.0 Å². The number of hydrogen-bond acceptors (Lipinski definition) is 7. The number of carbonyl (C=O) groups excluding carboxylic acids is 3. The Kier molecular flexibility index (Phi) is 6.76. The smallest absolute Gasteiger partial charge is 0.259 e. The molecule has 0 saturated heterocycles. The Labute approximate surface area is 211 Å². The van der Waals surface area contributed by atoms with Crippen LogP contribution in [0.3, 0.4) is 0 Å². The zero-order valence-corrected chi connectivity index (χ0v) is 19.9. The van der Waals surface area contributed by atoms with Crippen LogP contribution in [-0.4, -0.2) is 38.2 Å². The third kappa shape index (κ3) is 5.13. The molecule has 0 spiro atoms. The number of carbonyl (C=O) groups is 3. The predicted molar refractivity (Wildman–Crippen MR) is 137 cm³/mol. The molecule has 1 aliphatic rings. The first-order chi connectivity index (χ1) is 17.6. The fraction of sp³-hybridized carbons (Fsp3) is 0.115. The van der Waals surface area contributed by atoms with Crippen molar-refractivity contribution in [2.45, 2.75) is 18.1 Å². The van der Waals surface area contributed by atoms with Gasteiger partial charge in [-0.05, 0) is 42.5 Å². The quantitative estimate of drug-likeness (QED) is 0.237. The molecule has 1 aliphatic heterocycles. The third-order valence-electron chi connectivity index (χ3n) is 5.52. The summed E-state index contributed by atoms with van der Waals surface area (Å²) in [6.45, 7) is 0.487. The van der Waals surface area contributed by atoms with Gasteiger partial charge in [-0.15, -0.1) is 10.2 Å². The van der Waals surface area contributed by atoms with Gasteiger partial charge in [-0.3, -0.25) is 24.3 Å². The van der Waals surface area contributed by atoms with E-state index < -0.39 is 11.8 Å². The Morgan fingerprint density at radius 2 is 1.58 bits per heavy atom. The highest BCUT2D eigenvalue weighted by atomic mass is 32.2. The molecular weight excluding hydrogens is 476 g/mol. The highest BCUT2D eigenvalue weighted by molar-refractivity contribution is 7.99. The second-order valence-corrected chi connectivity index (χ2v) is 9.04. The lowest BCUT2D eigenvalue weighted by Crippen LogP contribution is -2.19. The number of imide groups is 1. The molecule has 0 aliphatic carbocycles. The third-order valence-corrected chi connectivity index (χ3v) is 6.45. The van der Waals surface area contributed by atoms with Crippen molar-refractivity contribution in [3.05, 3.63) is 95.8 Å². The second-order valence-electron chi connectivity index (χ2n) is 7.98. The number of nitrogens with zero attached hydrogens (tertiary/aromatic N) is 3. The van der Waals surface area contributed by atoms with E-state index >= 15 is 0 Å². The largest absolute Gasteiger partial charge is 0.378 e. The van der Waals surface area contributed by atoms with Crippen LogP contribution in [0.1, 0.15) is 33.0 Å². The molecule has 0 saturated carbocycles. The first-order valence-corrected chi connectivity index (χ1v) is 12.3. The van der Waals surface area contributed by atoms with E-state index in [9.17, 15) is 14.4 Å². The summed E-state index contributed by atoms with van der Waals surface area (Å²) in [5, 5.41) is 17.8. The van der Waals surface area contributed by atoms with E-state index in [2.05, 4.69) is 26.1 Å². The predicted octanol–water partition coefficient (Wildman–Crippen LogP) is 3.88. The van der Waals surface area contributed by atoms with Crippen LogP contribution in [0, 0.1) is 0 Å². The molecule has 0 radical (unpaired) electrons. The number of nitrogens with one attached hydrogen (secondary N) is 3. The summed E-state index contributed by atoms with van der Waals surface area (Å²) in [6.07, 6.45) is 0.228. The minimum atomic E-state index is -0.459. The van der Waals surface area contributed by atoms with Crippen molar-refractivity contribution < 1.29 is 14.4 Å². The van der Waals surface area contributed by atoms with Gasteiger partial charge in [0.25, 0.3) is 11.8 Å². The SMILES string of the molecule is O=C(CCSc1nnc(CNc2ccccc2)n1-c1ccccc1)Nc1ccc2c(c1)C(=O)NC2=O. The maximum atomic E-state index is 12.5. The molecule has 2 heterocycles. The van der Waals surface area contributed by atoms with E-state index in [4.69, 9.17) is 0 Å². The molecule has 180 valence electrons. The molecule has 0 atom stereocenters. The lowest BCUT2D eigenvalue weighted by molar-refractivity contribution is -0.115. The zero-order chi connectivity index (χ0) is 24.9. The van der Waals surface area contributed by atoms with Crippen LogP contribution in [0.5, 0.6) is 0 Å². The molecule has 10 heteroatoms. The van der Waals surface area contributed by atoms with Crippen LogP contribution in [-0.2, 0) is 11.3 Å². The fourth-order valence-electron chi connectivity index (χ4n) is 3.79. The number of hydrogen-bond donors (Lipinski definition) is 3. The average molecular weight is 499 g/mol. The van der Waals surface area contributed by atoms with E-state index in [0.717, 1.165) is 17.2 Å². The Bertz CT molecular complexity index is 1420. The highest BCUT2D eigenvalue weighted by Crippen LogP contribution is 2.24. The monoisotopic (exact) mass is 498 g/mol. The van der Waals surface area contributed by atoms with Crippen molar-refractivity contribution in [3.63, 3.8) is 0 Å². The van der Waals surface area contributed by atoms with Gasteiger partial charge in [-0.2, -0.15) is 0 Å². The first-order valence-electron chi connectivity index (χ1n) is 11.3. The van der Waals surface area contributed by atoms with Gasteiger partial charge in [-0.25, -0.2) is 0 Å². The number of anilines is 2. The van der Waals surface area contributed by atoms with Gasteiger partial charge in [0.05, 0.1) is 17.7 Å². The van der Waals surface area contributed by atoms with E-state index in [1.807, 2.05) is 65.2 Å². The average Bonchev–Trinajstić information content (AvgIpc) is 3.43. The minimum absolute atomic E-state index is 0.205. The number of fused-ring (bicyclic) bond motifs is 1. The second kappa shape index (κ2) is 10.4. The van der Waals surface area contributed by atoms with Crippen LogP contribution in [0.2, 0.25) is 0 Å². The van der Waals surface area contributed by atoms with Crippen LogP contribution < -0.4 is 16.0 Å². The maximum Gasteiger partial charge on any atom is 0.259 e. The summed E-state index contributed by atoms with van der Waals surface area (Å²) in [5.74, 6) is 0.142. The van der Waals surface area contributed by atoms with Gasteiger partial charge in [0.1, 0.15) is 0 Å². The van der Waals surface area contributed by atoms with E-state index in [1.165, 1.54) is 23.9 Å². The summed E-state index contributed by atoms with van der Waals surface area (Å²) in [6, 6.07) is 24.4. The van der Waals surface area contributed by atoms with Gasteiger partial charge in [0.2, 0.25) is 5.91 Å². The van der Waals surface area contributed by atoms with Crippen LogP contribution in [0.4, 0.5) is 11.4 Å². The topological polar surface area (TPSA) is 118 Å². The molecule has 3 aromatic carbocycles. The first kappa shape index (κ1) is 23.3. The Hall–Kier alpha value is -4.44. The summed E-state index contributed by atoms with van der Waals surface area (Å²) in [5.41, 5.74) is 2.96. The van der Waals surface area contributed by atoms with Gasteiger partial charge < -0.3 is 10.6 Å². The van der Waals surface area contributed by atoms with Crippen molar-refractivity contribution in [1.29, 1.82) is 0 Å². The van der Waals surface area contributed by atoms with Crippen molar-refractivity contribution in [3.8, 4) is 5.69 Å². The van der Waals surface area contributed by atoms with Crippen molar-refractivity contribution >= 4 is 40.9 Å². The number of amides is 3. The Morgan fingerprint density at radius 1 is 0.861 bits per heavy atom. The van der Waals surface area contributed by atoms with Crippen LogP contribution in [0.25, 0.3) is 5.69 Å². The fourth-order valence-corrected chi connectivity index (χ4v) is 4.69. The number of para-hydroxylation sites is 2. The maximum absolute atomic E-state index is 12.5. The van der Waals surface area contributed by atoms with E-state index in [-0.39, 0.29) is 17.9 Å². The number of rotatable bonds is 9. The molecule has 0 unspecified atom stereocenters. The van der Waals surface area contributed by atoms with Crippen molar-refractivity contribution in [2.24, 2.45) is 0 Å². The van der Waals surface area contributed by atoms with Gasteiger partial charge in [-0.1, -0.05) is 48.2 Å². The Morgan fingerprint density at radius 3 is 2.36 bits per heavy atom. The Balaban J connectivity index is 1.23. The normalized spacial score (nSPS) is 12.2. The number of benzene rings is 3. The molecule has 4 aromatic rings. The molecule has 9 nitrogen and oxygen atoms in total. The molecule has 1 aromatic heterocycles. The standard InChI is InChI=1S/C26H22N6O3S/c33-23(28-18-11-12-20-21(15-18)25(35)29-24(20)34)13-14-36-26-31-30-22(16-27-17-7-3-1-4-8-17)32(26)19-9-5-2-6-10-19/h1-12,15,27H,13-14,16H2,(H,28,33)(H,29,34,35). The molecule has 5 rings (SSSR count). The molecule has 0 bridgehead atoms. The van der Waals surface area contributed by atoms with Crippen molar-refractivity contribution in [2.75, 3.05) is 16.4 Å². The summed E-state index contributed by atoms with van der Waals surface area (Å²) in [4.78, 5) is 36.1. The molecule has 0 fully saturated rings. The zero-order valence-electron chi connectivity index (χ0n) is 19.1. The summed E-state index contributed by atoms with van der Waals surface area (Å²) >= 11 is 1.44.